The van der Waals surface area contributed by atoms with E-state index in [1.807, 2.05) is 0 Å². The van der Waals surface area contributed by atoms with Gasteiger partial charge in [-0.1, -0.05) is 6.07 Å². The van der Waals surface area contributed by atoms with Gasteiger partial charge in [0, 0.05) is 24.7 Å². The van der Waals surface area contributed by atoms with Gasteiger partial charge in [-0.05, 0) is 43.2 Å². The number of benzene rings is 2. The van der Waals surface area contributed by atoms with Crippen LogP contribution in [-0.2, 0) is 0 Å². The molecule has 142 valence electrons. The van der Waals surface area contributed by atoms with Gasteiger partial charge in [-0.25, -0.2) is 13.2 Å². The Kier molecular flexibility index (Phi) is 5.34. The average Bonchev–Trinajstić information content (AvgIpc) is 2.66. The molecule has 0 atom stereocenters. The molecule has 1 aliphatic rings. The minimum Gasteiger partial charge on any atom is -0.508 e. The number of halogens is 3. The summed E-state index contributed by atoms with van der Waals surface area (Å²) in [6.45, 7) is 0.722. The third kappa shape index (κ3) is 4.05. The third-order valence-electron chi connectivity index (χ3n) is 4.49. The Balaban J connectivity index is 1.59. The van der Waals surface area contributed by atoms with E-state index in [4.69, 9.17) is 0 Å². The van der Waals surface area contributed by atoms with Gasteiger partial charge in [0.15, 0.2) is 17.5 Å². The molecule has 0 aromatic heterocycles. The number of aromatic hydroxyl groups is 1. The van der Waals surface area contributed by atoms with E-state index >= 15 is 0 Å². The highest BCUT2D eigenvalue weighted by Crippen LogP contribution is 2.19. The number of nitrogens with one attached hydrogen (secondary N) is 1. The second-order valence-electron chi connectivity index (χ2n) is 6.31. The first kappa shape index (κ1) is 18.8. The summed E-state index contributed by atoms with van der Waals surface area (Å²) in [5.74, 6) is -5.64. The Morgan fingerprint density at radius 1 is 1.04 bits per heavy atom. The summed E-state index contributed by atoms with van der Waals surface area (Å²) in [7, 11) is 0. The van der Waals surface area contributed by atoms with E-state index in [0.29, 0.717) is 37.6 Å². The fourth-order valence-electron chi connectivity index (χ4n) is 3.01. The van der Waals surface area contributed by atoms with Crippen molar-refractivity contribution >= 4 is 11.8 Å². The molecular formula is C19H17F3N2O3. The number of amides is 2. The molecule has 0 aliphatic carbocycles. The molecule has 2 aromatic rings. The molecule has 2 N–H and O–H groups in total. The van der Waals surface area contributed by atoms with Crippen molar-refractivity contribution in [3.63, 3.8) is 0 Å². The van der Waals surface area contributed by atoms with Gasteiger partial charge in [-0.15, -0.1) is 0 Å². The van der Waals surface area contributed by atoms with Crippen LogP contribution < -0.4 is 5.32 Å². The Labute approximate surface area is 153 Å². The van der Waals surface area contributed by atoms with Crippen LogP contribution in [0.4, 0.5) is 13.2 Å². The number of hydrogen-bond acceptors (Lipinski definition) is 3. The molecule has 0 bridgehead atoms. The van der Waals surface area contributed by atoms with E-state index in [1.54, 1.807) is 17.0 Å². The maximum atomic E-state index is 13.7. The standard InChI is InChI=1S/C19H17F3N2O3/c20-15-5-4-14(16(21)17(15)22)18(26)23-12-6-8-24(9-7-12)19(27)11-2-1-3-13(25)10-11/h1-5,10,12,25H,6-9H2,(H,23,26). The molecule has 3 rings (SSSR count). The molecule has 0 spiro atoms. The fourth-order valence-corrected chi connectivity index (χ4v) is 3.01. The van der Waals surface area contributed by atoms with E-state index in [1.165, 1.54) is 12.1 Å². The van der Waals surface area contributed by atoms with Gasteiger partial charge >= 0.3 is 0 Å². The van der Waals surface area contributed by atoms with Crippen LogP contribution in [0.3, 0.4) is 0 Å². The molecule has 1 aliphatic heterocycles. The molecule has 0 saturated carbocycles. The highest BCUT2D eigenvalue weighted by molar-refractivity contribution is 5.95. The summed E-state index contributed by atoms with van der Waals surface area (Å²) in [5, 5.41) is 12.1. The lowest BCUT2D eigenvalue weighted by Gasteiger charge is -2.32. The van der Waals surface area contributed by atoms with E-state index in [0.717, 1.165) is 6.07 Å². The number of carbonyl (C=O) groups excluding carboxylic acids is 2. The third-order valence-corrected chi connectivity index (χ3v) is 4.49. The molecule has 8 heteroatoms. The van der Waals surface area contributed by atoms with Gasteiger partial charge in [0.1, 0.15) is 5.75 Å². The molecule has 1 fully saturated rings. The lowest BCUT2D eigenvalue weighted by Crippen LogP contribution is -2.46. The average molecular weight is 378 g/mol. The summed E-state index contributed by atoms with van der Waals surface area (Å²) >= 11 is 0. The number of likely N-dealkylation sites (tertiary alicyclic amines) is 1. The Morgan fingerprint density at radius 2 is 1.74 bits per heavy atom. The maximum Gasteiger partial charge on any atom is 0.254 e. The number of piperidine rings is 1. The summed E-state index contributed by atoms with van der Waals surface area (Å²) in [6, 6.07) is 7.29. The van der Waals surface area contributed by atoms with Gasteiger partial charge in [0.05, 0.1) is 5.56 Å². The first-order valence-corrected chi connectivity index (χ1v) is 8.39. The lowest BCUT2D eigenvalue weighted by molar-refractivity contribution is 0.0697. The lowest BCUT2D eigenvalue weighted by atomic mass is 10.0. The Hall–Kier alpha value is -3.03. The van der Waals surface area contributed by atoms with Crippen molar-refractivity contribution < 1.29 is 27.9 Å². The first-order chi connectivity index (χ1) is 12.9. The fraction of sp³-hybridized carbons (Fsp3) is 0.263. The van der Waals surface area contributed by atoms with Crippen molar-refractivity contribution in [2.45, 2.75) is 18.9 Å². The van der Waals surface area contributed by atoms with Crippen LogP contribution in [0.25, 0.3) is 0 Å². The number of nitrogens with zero attached hydrogens (tertiary/aromatic N) is 1. The van der Waals surface area contributed by atoms with E-state index in [2.05, 4.69) is 5.32 Å². The van der Waals surface area contributed by atoms with Crippen LogP contribution in [0.15, 0.2) is 36.4 Å². The van der Waals surface area contributed by atoms with Gasteiger partial charge in [0.25, 0.3) is 11.8 Å². The molecule has 1 heterocycles. The van der Waals surface area contributed by atoms with Gasteiger partial charge in [-0.2, -0.15) is 0 Å². The van der Waals surface area contributed by atoms with Crippen molar-refractivity contribution in [2.24, 2.45) is 0 Å². The van der Waals surface area contributed by atoms with Crippen molar-refractivity contribution in [1.82, 2.24) is 10.2 Å². The number of phenolic OH excluding ortho intramolecular Hbond substituents is 1. The van der Waals surface area contributed by atoms with Crippen molar-refractivity contribution in [3.05, 3.63) is 65.0 Å². The van der Waals surface area contributed by atoms with Gasteiger partial charge in [-0.3, -0.25) is 9.59 Å². The predicted octanol–water partition coefficient (Wildman–Crippen LogP) is 2.84. The van der Waals surface area contributed by atoms with Crippen molar-refractivity contribution in [1.29, 1.82) is 0 Å². The zero-order valence-electron chi connectivity index (χ0n) is 14.2. The number of rotatable bonds is 3. The van der Waals surface area contributed by atoms with Crippen LogP contribution in [0.1, 0.15) is 33.6 Å². The Bertz CT molecular complexity index is 880. The normalized spacial score (nSPS) is 14.9. The highest BCUT2D eigenvalue weighted by Gasteiger charge is 2.26. The maximum absolute atomic E-state index is 13.7. The Morgan fingerprint density at radius 3 is 2.41 bits per heavy atom. The van der Waals surface area contributed by atoms with E-state index < -0.39 is 28.9 Å². The molecule has 1 saturated heterocycles. The van der Waals surface area contributed by atoms with Crippen molar-refractivity contribution in [3.8, 4) is 5.75 Å². The molecule has 2 aromatic carbocycles. The van der Waals surface area contributed by atoms with Crippen LogP contribution in [0.2, 0.25) is 0 Å². The molecule has 2 amide bonds. The predicted molar refractivity (Wildman–Crippen MR) is 90.8 cm³/mol. The minimum absolute atomic E-state index is 0.00319. The number of phenols is 1. The largest absolute Gasteiger partial charge is 0.508 e. The first-order valence-electron chi connectivity index (χ1n) is 8.39. The van der Waals surface area contributed by atoms with Crippen LogP contribution >= 0.6 is 0 Å². The summed E-state index contributed by atoms with van der Waals surface area (Å²) in [6.07, 6.45) is 0.864. The number of carbonyl (C=O) groups is 2. The molecule has 0 radical (unpaired) electrons. The number of hydrogen-bond donors (Lipinski definition) is 2. The monoisotopic (exact) mass is 378 g/mol. The van der Waals surface area contributed by atoms with Crippen LogP contribution in [0, 0.1) is 17.5 Å². The summed E-state index contributed by atoms with van der Waals surface area (Å²) in [5.41, 5.74) is -0.200. The van der Waals surface area contributed by atoms with Gasteiger partial charge in [0.2, 0.25) is 0 Å². The second-order valence-corrected chi connectivity index (χ2v) is 6.31. The summed E-state index contributed by atoms with van der Waals surface area (Å²) in [4.78, 5) is 26.1. The molecule has 27 heavy (non-hydrogen) atoms. The van der Waals surface area contributed by atoms with E-state index in [9.17, 15) is 27.9 Å². The second kappa shape index (κ2) is 7.69. The molecule has 0 unspecified atom stereocenters. The quantitative estimate of drug-likeness (QED) is 0.807. The molecule has 5 nitrogen and oxygen atoms in total. The molecular weight excluding hydrogens is 361 g/mol. The SMILES string of the molecule is O=C(NC1CCN(C(=O)c2cccc(O)c2)CC1)c1ccc(F)c(F)c1F. The smallest absolute Gasteiger partial charge is 0.254 e. The topological polar surface area (TPSA) is 69.6 Å². The minimum atomic E-state index is -1.69. The summed E-state index contributed by atoms with van der Waals surface area (Å²) < 4.78 is 39.9. The zero-order valence-corrected chi connectivity index (χ0v) is 14.2. The van der Waals surface area contributed by atoms with Crippen molar-refractivity contribution in [2.75, 3.05) is 13.1 Å². The van der Waals surface area contributed by atoms with E-state index in [-0.39, 0.29) is 17.7 Å². The van der Waals surface area contributed by atoms with Crippen LogP contribution in [-0.4, -0.2) is 41.0 Å². The van der Waals surface area contributed by atoms with Gasteiger partial charge < -0.3 is 15.3 Å². The zero-order chi connectivity index (χ0) is 19.6. The highest BCUT2D eigenvalue weighted by atomic mass is 19.2. The van der Waals surface area contributed by atoms with Crippen LogP contribution in [0.5, 0.6) is 5.75 Å².